The highest BCUT2D eigenvalue weighted by Gasteiger charge is 2.16. The molecule has 1 aromatic heterocycles. The fourth-order valence-corrected chi connectivity index (χ4v) is 2.49. The van der Waals surface area contributed by atoms with E-state index in [1.807, 2.05) is 42.5 Å². The van der Waals surface area contributed by atoms with Crippen molar-refractivity contribution in [1.29, 1.82) is 0 Å². The van der Waals surface area contributed by atoms with Crippen LogP contribution in [0.5, 0.6) is 0 Å². The van der Waals surface area contributed by atoms with Crippen LogP contribution in [0.15, 0.2) is 74.1 Å². The molecule has 0 aliphatic carbocycles. The predicted molar refractivity (Wildman–Crippen MR) is 101 cm³/mol. The Morgan fingerprint density at radius 2 is 1.75 bits per heavy atom. The zero-order valence-electron chi connectivity index (χ0n) is 12.3. The summed E-state index contributed by atoms with van der Waals surface area (Å²) in [5, 5.41) is 11.0. The molecule has 0 aliphatic rings. The average molecular weight is 402 g/mol. The quantitative estimate of drug-likeness (QED) is 0.510. The van der Waals surface area contributed by atoms with Crippen molar-refractivity contribution in [2.24, 2.45) is 16.0 Å². The lowest BCUT2D eigenvalue weighted by molar-refractivity contribution is 0.910. The molecule has 0 saturated carbocycles. The lowest BCUT2D eigenvalue weighted by Gasteiger charge is -1.99. The number of aromatic amines is 1. The van der Waals surface area contributed by atoms with Crippen molar-refractivity contribution in [2.45, 2.75) is 0 Å². The zero-order valence-corrected chi connectivity index (χ0v) is 14.7. The number of H-pyrrole nitrogens is 1. The highest BCUT2D eigenvalue weighted by Crippen LogP contribution is 2.27. The molecule has 0 bridgehead atoms. The molecule has 6 nitrogen and oxygen atoms in total. The van der Waals surface area contributed by atoms with Crippen LogP contribution in [0.2, 0.25) is 0 Å². The standard InChI is InChI=1S/C16H12BrN5OS/c17-11-6-8-12(9-7-11)19-20-14-13(10-4-2-1-3-5-10)21-22(15(14)23)16(18)24/h1-9,21H,(H2,18,24). The van der Waals surface area contributed by atoms with E-state index in [-0.39, 0.29) is 10.8 Å². The molecule has 8 heteroatoms. The summed E-state index contributed by atoms with van der Waals surface area (Å²) in [6, 6.07) is 16.6. The third kappa shape index (κ3) is 3.34. The van der Waals surface area contributed by atoms with Gasteiger partial charge in [0, 0.05) is 10.0 Å². The van der Waals surface area contributed by atoms with Crippen LogP contribution >= 0.6 is 28.1 Å². The van der Waals surface area contributed by atoms with Crippen molar-refractivity contribution in [3.8, 4) is 11.3 Å². The van der Waals surface area contributed by atoms with Gasteiger partial charge in [-0.05, 0) is 36.5 Å². The van der Waals surface area contributed by atoms with Crippen molar-refractivity contribution in [1.82, 2.24) is 9.78 Å². The van der Waals surface area contributed by atoms with Gasteiger partial charge >= 0.3 is 5.56 Å². The number of thiocarbonyl (C=S) groups is 1. The molecule has 0 saturated heterocycles. The van der Waals surface area contributed by atoms with Crippen LogP contribution in [-0.2, 0) is 0 Å². The van der Waals surface area contributed by atoms with E-state index in [1.54, 1.807) is 12.1 Å². The third-order valence-corrected chi connectivity index (χ3v) is 3.95. The van der Waals surface area contributed by atoms with Crippen LogP contribution in [0.25, 0.3) is 11.3 Å². The summed E-state index contributed by atoms with van der Waals surface area (Å²) >= 11 is 8.25. The van der Waals surface area contributed by atoms with Gasteiger partial charge < -0.3 is 5.73 Å². The molecule has 120 valence electrons. The van der Waals surface area contributed by atoms with Crippen LogP contribution in [0, 0.1) is 0 Å². The molecule has 2 aromatic carbocycles. The van der Waals surface area contributed by atoms with Crippen LogP contribution in [0.1, 0.15) is 0 Å². The minimum absolute atomic E-state index is 0.0812. The molecule has 3 rings (SSSR count). The van der Waals surface area contributed by atoms with Crippen LogP contribution in [0.4, 0.5) is 11.4 Å². The Labute approximate surface area is 151 Å². The Morgan fingerprint density at radius 1 is 1.08 bits per heavy atom. The van der Waals surface area contributed by atoms with Gasteiger partial charge in [0.15, 0.2) is 10.8 Å². The topological polar surface area (TPSA) is 88.5 Å². The maximum Gasteiger partial charge on any atom is 0.301 e. The maximum atomic E-state index is 12.5. The van der Waals surface area contributed by atoms with Gasteiger partial charge in [0.05, 0.1) is 11.4 Å². The lowest BCUT2D eigenvalue weighted by Crippen LogP contribution is -2.29. The minimum atomic E-state index is -0.442. The molecule has 1 heterocycles. The van der Waals surface area contributed by atoms with E-state index in [1.165, 1.54) is 0 Å². The fourth-order valence-electron chi connectivity index (χ4n) is 2.10. The smallest absolute Gasteiger partial charge is 0.301 e. The van der Waals surface area contributed by atoms with Crippen LogP contribution in [-0.4, -0.2) is 14.9 Å². The number of hydrogen-bond donors (Lipinski definition) is 2. The van der Waals surface area contributed by atoms with Gasteiger partial charge in [0.25, 0.3) is 0 Å². The zero-order chi connectivity index (χ0) is 17.1. The molecular formula is C16H12BrN5OS. The molecule has 0 atom stereocenters. The average Bonchev–Trinajstić information content (AvgIpc) is 2.92. The van der Waals surface area contributed by atoms with Gasteiger partial charge in [-0.25, -0.2) is 0 Å². The summed E-state index contributed by atoms with van der Waals surface area (Å²) in [7, 11) is 0. The van der Waals surface area contributed by atoms with E-state index in [0.717, 1.165) is 14.7 Å². The van der Waals surface area contributed by atoms with Crippen molar-refractivity contribution in [3.05, 3.63) is 69.4 Å². The Balaban J connectivity index is 2.10. The Hall–Kier alpha value is -2.58. The number of nitrogens with one attached hydrogen (secondary N) is 1. The van der Waals surface area contributed by atoms with Crippen molar-refractivity contribution in [3.63, 3.8) is 0 Å². The summed E-state index contributed by atoms with van der Waals surface area (Å²) < 4.78 is 2.01. The molecule has 3 aromatic rings. The number of aromatic nitrogens is 2. The number of halogens is 1. The molecule has 0 amide bonds. The summed E-state index contributed by atoms with van der Waals surface area (Å²) in [6.45, 7) is 0. The molecular weight excluding hydrogens is 390 g/mol. The number of rotatable bonds is 3. The van der Waals surface area contributed by atoms with Gasteiger partial charge in [-0.1, -0.05) is 46.3 Å². The molecule has 24 heavy (non-hydrogen) atoms. The molecule has 0 spiro atoms. The fraction of sp³-hybridized carbons (Fsp3) is 0. The van der Waals surface area contributed by atoms with Gasteiger partial charge in [0.2, 0.25) is 0 Å². The normalized spacial score (nSPS) is 11.0. The Bertz CT molecular complexity index is 960. The Kier molecular flexibility index (Phi) is 4.68. The van der Waals surface area contributed by atoms with Gasteiger partial charge in [-0.2, -0.15) is 9.80 Å². The van der Waals surface area contributed by atoms with Crippen LogP contribution in [0.3, 0.4) is 0 Å². The third-order valence-electron chi connectivity index (χ3n) is 3.24. The maximum absolute atomic E-state index is 12.5. The Morgan fingerprint density at radius 3 is 2.38 bits per heavy atom. The first-order valence-corrected chi connectivity index (χ1v) is 8.14. The minimum Gasteiger partial charge on any atom is -0.374 e. The van der Waals surface area contributed by atoms with Crippen molar-refractivity contribution in [2.75, 3.05) is 0 Å². The number of nitrogens with two attached hydrogens (primary N) is 1. The van der Waals surface area contributed by atoms with E-state index in [0.29, 0.717) is 11.4 Å². The summed E-state index contributed by atoms with van der Waals surface area (Å²) in [5.41, 5.74) is 7.21. The number of benzene rings is 2. The summed E-state index contributed by atoms with van der Waals surface area (Å²) in [6.07, 6.45) is 0. The van der Waals surface area contributed by atoms with E-state index >= 15 is 0 Å². The SMILES string of the molecule is NC(=S)n1[nH]c(-c2ccccc2)c(N=Nc2ccc(Br)cc2)c1=O. The second kappa shape index (κ2) is 6.90. The number of hydrogen-bond acceptors (Lipinski definition) is 4. The highest BCUT2D eigenvalue weighted by molar-refractivity contribution is 9.10. The first kappa shape index (κ1) is 16.3. The molecule has 3 N–H and O–H groups in total. The van der Waals surface area contributed by atoms with E-state index in [2.05, 4.69) is 31.3 Å². The van der Waals surface area contributed by atoms with Crippen molar-refractivity contribution < 1.29 is 0 Å². The second-order valence-corrected chi connectivity index (χ2v) is 6.19. The molecule has 0 fully saturated rings. The van der Waals surface area contributed by atoms with E-state index in [4.69, 9.17) is 18.0 Å². The first-order chi connectivity index (χ1) is 11.6. The van der Waals surface area contributed by atoms with E-state index < -0.39 is 5.56 Å². The summed E-state index contributed by atoms with van der Waals surface area (Å²) in [4.78, 5) is 12.5. The predicted octanol–water partition coefficient (Wildman–Crippen LogP) is 4.11. The second-order valence-electron chi connectivity index (χ2n) is 4.86. The highest BCUT2D eigenvalue weighted by atomic mass is 79.9. The first-order valence-electron chi connectivity index (χ1n) is 6.94. The monoisotopic (exact) mass is 401 g/mol. The largest absolute Gasteiger partial charge is 0.374 e. The molecule has 0 aliphatic heterocycles. The molecule has 0 unspecified atom stereocenters. The number of nitrogens with zero attached hydrogens (tertiary/aromatic N) is 3. The van der Waals surface area contributed by atoms with Crippen LogP contribution < -0.4 is 11.3 Å². The van der Waals surface area contributed by atoms with E-state index in [9.17, 15) is 4.79 Å². The van der Waals surface area contributed by atoms with Gasteiger partial charge in [-0.15, -0.1) is 5.11 Å². The lowest BCUT2D eigenvalue weighted by atomic mass is 10.1. The number of azo groups is 1. The van der Waals surface area contributed by atoms with Gasteiger partial charge in [-0.3, -0.25) is 9.89 Å². The van der Waals surface area contributed by atoms with Crippen molar-refractivity contribution >= 4 is 44.6 Å². The van der Waals surface area contributed by atoms with Gasteiger partial charge in [0.1, 0.15) is 0 Å². The molecule has 0 radical (unpaired) electrons. The summed E-state index contributed by atoms with van der Waals surface area (Å²) in [5.74, 6) is 0.